The third-order valence-corrected chi connectivity index (χ3v) is 12.4. The second kappa shape index (κ2) is 17.2. The van der Waals surface area contributed by atoms with E-state index >= 15 is 0 Å². The number of likely N-dealkylation sites (N-methyl/N-ethyl adjacent to an activating group) is 1. The average molecular weight is 811 g/mol. The van der Waals surface area contributed by atoms with E-state index in [1.54, 1.807) is 37.6 Å². The predicted molar refractivity (Wildman–Crippen MR) is 218 cm³/mol. The number of amides is 1. The Labute approximate surface area is 341 Å². The van der Waals surface area contributed by atoms with Crippen LogP contribution in [0.15, 0.2) is 73.2 Å². The highest BCUT2D eigenvalue weighted by Gasteiger charge is 2.38. The SMILES string of the molecule is CN1CCC2(CC1)CCN(C(=O)c1cccc(-c3cccc4c3cnn4Cc3cc(OCc4cncc(C#N)c4)c(CN(C)C(CO)C(=O)O)cc3Cl)c1Cl)CC2. The average Bonchev–Trinajstić information content (AvgIpc) is 3.63. The van der Waals surface area contributed by atoms with Crippen molar-refractivity contribution in [2.24, 2.45) is 5.41 Å². The summed E-state index contributed by atoms with van der Waals surface area (Å²) < 4.78 is 8.11. The van der Waals surface area contributed by atoms with Crippen LogP contribution < -0.4 is 4.74 Å². The zero-order valence-electron chi connectivity index (χ0n) is 32.0. The minimum atomic E-state index is -1.16. The molecular formula is C43H45Cl2N7O5. The van der Waals surface area contributed by atoms with Gasteiger partial charge in [-0.05, 0) is 99.7 Å². The number of aliphatic carboxylic acids is 1. The summed E-state index contributed by atoms with van der Waals surface area (Å²) in [5.41, 5.74) is 5.62. The fourth-order valence-corrected chi connectivity index (χ4v) is 8.62. The van der Waals surface area contributed by atoms with Crippen LogP contribution in [0.5, 0.6) is 5.75 Å². The van der Waals surface area contributed by atoms with Crippen molar-refractivity contribution in [3.8, 4) is 22.9 Å². The number of nitrogens with zero attached hydrogens (tertiary/aromatic N) is 7. The van der Waals surface area contributed by atoms with Crippen LogP contribution >= 0.6 is 23.2 Å². The van der Waals surface area contributed by atoms with Gasteiger partial charge < -0.3 is 24.7 Å². The second-order valence-electron chi connectivity index (χ2n) is 15.3. The maximum Gasteiger partial charge on any atom is 0.323 e. The van der Waals surface area contributed by atoms with E-state index < -0.39 is 18.6 Å². The Morgan fingerprint density at radius 2 is 1.70 bits per heavy atom. The lowest BCUT2D eigenvalue weighted by atomic mass is 9.71. The van der Waals surface area contributed by atoms with Crippen molar-refractivity contribution in [3.63, 3.8) is 0 Å². The summed E-state index contributed by atoms with van der Waals surface area (Å²) in [5, 5.41) is 35.2. The van der Waals surface area contributed by atoms with Crippen LogP contribution in [0.3, 0.4) is 0 Å². The molecular weight excluding hydrogens is 765 g/mol. The number of piperidine rings is 2. The molecule has 2 N–H and O–H groups in total. The molecule has 2 aliphatic heterocycles. The highest BCUT2D eigenvalue weighted by Crippen LogP contribution is 2.42. The first-order chi connectivity index (χ1) is 27.5. The summed E-state index contributed by atoms with van der Waals surface area (Å²) in [5.74, 6) is -0.748. The van der Waals surface area contributed by atoms with Gasteiger partial charge in [-0.1, -0.05) is 47.5 Å². The first-order valence-corrected chi connectivity index (χ1v) is 19.8. The Kier molecular flexibility index (Phi) is 12.1. The number of hydrogen-bond donors (Lipinski definition) is 2. The van der Waals surface area contributed by atoms with Crippen LogP contribution in [0.4, 0.5) is 0 Å². The monoisotopic (exact) mass is 809 g/mol. The van der Waals surface area contributed by atoms with Crippen LogP contribution in [-0.4, -0.2) is 104 Å². The van der Waals surface area contributed by atoms with Crippen molar-refractivity contribution in [2.75, 3.05) is 46.9 Å². The molecule has 0 bridgehead atoms. The summed E-state index contributed by atoms with van der Waals surface area (Å²) in [6.07, 6.45) is 9.26. The second-order valence-corrected chi connectivity index (χ2v) is 16.1. The van der Waals surface area contributed by atoms with Gasteiger partial charge in [0.25, 0.3) is 5.91 Å². The number of pyridine rings is 1. The van der Waals surface area contributed by atoms with Crippen molar-refractivity contribution in [2.45, 2.75) is 51.4 Å². The molecule has 57 heavy (non-hydrogen) atoms. The number of halogens is 2. The Morgan fingerprint density at radius 3 is 2.42 bits per heavy atom. The van der Waals surface area contributed by atoms with E-state index in [1.807, 2.05) is 46.0 Å². The standard InChI is InChI=1S/C43H45Cl2N7O5/c1-49-13-9-43(10-14-49)11-15-51(16-12-43)41(54)34-7-3-6-33(40(34)45)32-5-4-8-37-35(32)23-48-52(37)25-30-19-39(57-27-29-17-28(20-46)21-47-22-29)31(18-36(30)44)24-50(2)38(26-53)42(55)56/h3-8,17-19,21-23,38,53H,9-16,24-27H2,1-2H3,(H,55,56). The zero-order chi connectivity index (χ0) is 40.3. The molecule has 2 aromatic heterocycles. The van der Waals surface area contributed by atoms with Crippen LogP contribution in [0.2, 0.25) is 10.0 Å². The van der Waals surface area contributed by atoms with Gasteiger partial charge in [0.15, 0.2) is 0 Å². The summed E-state index contributed by atoms with van der Waals surface area (Å²) in [7, 11) is 3.78. The van der Waals surface area contributed by atoms with E-state index in [-0.39, 0.29) is 25.6 Å². The number of carboxylic acids is 1. The number of carboxylic acid groups (broad SMARTS) is 1. The van der Waals surface area contributed by atoms with Gasteiger partial charge in [-0.3, -0.25) is 24.2 Å². The summed E-state index contributed by atoms with van der Waals surface area (Å²) >= 11 is 14.0. The highest BCUT2D eigenvalue weighted by molar-refractivity contribution is 6.37. The van der Waals surface area contributed by atoms with Crippen LogP contribution in [0, 0.1) is 16.7 Å². The number of ether oxygens (including phenoxy) is 1. The number of rotatable bonds is 12. The van der Waals surface area contributed by atoms with E-state index in [1.165, 1.54) is 23.9 Å². The van der Waals surface area contributed by atoms with Gasteiger partial charge in [0.1, 0.15) is 24.5 Å². The zero-order valence-corrected chi connectivity index (χ0v) is 33.5. The van der Waals surface area contributed by atoms with Gasteiger partial charge in [0.2, 0.25) is 0 Å². The molecule has 1 spiro atoms. The smallest absolute Gasteiger partial charge is 0.323 e. The lowest BCUT2D eigenvalue weighted by molar-refractivity contribution is -0.144. The molecule has 7 rings (SSSR count). The topological polar surface area (TPSA) is 148 Å². The molecule has 2 saturated heterocycles. The normalized spacial score (nSPS) is 16.2. The number of fused-ring (bicyclic) bond motifs is 1. The summed E-state index contributed by atoms with van der Waals surface area (Å²) in [4.78, 5) is 35.7. The van der Waals surface area contributed by atoms with Gasteiger partial charge in [-0.25, -0.2) is 0 Å². The molecule has 4 heterocycles. The van der Waals surface area contributed by atoms with Gasteiger partial charge in [-0.2, -0.15) is 10.4 Å². The number of benzene rings is 3. The fourth-order valence-electron chi connectivity index (χ4n) is 8.07. The predicted octanol–water partition coefficient (Wildman–Crippen LogP) is 6.73. The number of carbonyl (C=O) groups excluding carboxylic acids is 1. The van der Waals surface area contributed by atoms with Crippen molar-refractivity contribution < 1.29 is 24.5 Å². The number of aliphatic hydroxyl groups is 1. The van der Waals surface area contributed by atoms with Gasteiger partial charge in [0.05, 0.1) is 41.0 Å². The van der Waals surface area contributed by atoms with Crippen LogP contribution in [-0.2, 0) is 24.5 Å². The molecule has 0 saturated carbocycles. The Morgan fingerprint density at radius 1 is 0.982 bits per heavy atom. The first kappa shape index (κ1) is 40.2. The Bertz CT molecular complexity index is 2320. The maximum atomic E-state index is 13.9. The molecule has 3 aromatic carbocycles. The first-order valence-electron chi connectivity index (χ1n) is 19.0. The molecule has 2 aliphatic rings. The third-order valence-electron chi connectivity index (χ3n) is 11.6. The molecule has 5 aromatic rings. The number of likely N-dealkylation sites (tertiary alicyclic amines) is 2. The lowest BCUT2D eigenvalue weighted by Crippen LogP contribution is -2.47. The number of carbonyl (C=O) groups is 2. The molecule has 0 radical (unpaired) electrons. The van der Waals surface area contributed by atoms with Gasteiger partial charge in [-0.15, -0.1) is 0 Å². The molecule has 12 nitrogen and oxygen atoms in total. The molecule has 1 amide bonds. The molecule has 1 unspecified atom stereocenters. The molecule has 1 atom stereocenters. The van der Waals surface area contributed by atoms with Crippen LogP contribution in [0.1, 0.15) is 58.3 Å². The van der Waals surface area contributed by atoms with E-state index in [2.05, 4.69) is 23.0 Å². The van der Waals surface area contributed by atoms with Gasteiger partial charge >= 0.3 is 5.97 Å². The molecule has 296 valence electrons. The Balaban J connectivity index is 1.15. The number of hydrogen-bond acceptors (Lipinski definition) is 9. The van der Waals surface area contributed by atoms with Crippen LogP contribution in [0.25, 0.3) is 22.0 Å². The van der Waals surface area contributed by atoms with Crippen molar-refractivity contribution in [1.29, 1.82) is 5.26 Å². The quantitative estimate of drug-likeness (QED) is 0.139. The van der Waals surface area contributed by atoms with Crippen molar-refractivity contribution >= 4 is 46.0 Å². The number of nitriles is 1. The number of aromatic nitrogens is 3. The molecule has 14 heteroatoms. The lowest BCUT2D eigenvalue weighted by Gasteiger charge is -2.46. The molecule has 2 fully saturated rings. The van der Waals surface area contributed by atoms with Crippen molar-refractivity contribution in [1.82, 2.24) is 29.5 Å². The van der Waals surface area contributed by atoms with E-state index in [0.29, 0.717) is 49.0 Å². The maximum absolute atomic E-state index is 13.9. The Hall–Kier alpha value is -5.03. The highest BCUT2D eigenvalue weighted by atomic mass is 35.5. The van der Waals surface area contributed by atoms with Crippen molar-refractivity contribution in [3.05, 3.63) is 111 Å². The van der Waals surface area contributed by atoms with E-state index in [9.17, 15) is 25.1 Å². The van der Waals surface area contributed by atoms with E-state index in [0.717, 1.165) is 61.1 Å². The third kappa shape index (κ3) is 8.64. The number of aliphatic hydroxyl groups excluding tert-OH is 1. The molecule has 0 aliphatic carbocycles. The van der Waals surface area contributed by atoms with Gasteiger partial charge in [0, 0.05) is 59.1 Å². The summed E-state index contributed by atoms with van der Waals surface area (Å²) in [6.45, 7) is 3.60. The summed E-state index contributed by atoms with van der Waals surface area (Å²) in [6, 6.07) is 17.7. The minimum absolute atomic E-state index is 0.0429. The largest absolute Gasteiger partial charge is 0.489 e. The fraction of sp³-hybridized carbons (Fsp3) is 0.372. The van der Waals surface area contributed by atoms with E-state index in [4.69, 9.17) is 33.0 Å². The minimum Gasteiger partial charge on any atom is -0.489 e.